The van der Waals surface area contributed by atoms with E-state index in [4.69, 9.17) is 0 Å². The molecule has 2 aromatic rings. The zero-order chi connectivity index (χ0) is 18.7. The molecule has 0 bridgehead atoms. The molecule has 3 rings (SSSR count). The average molecular weight is 372 g/mol. The van der Waals surface area contributed by atoms with E-state index in [0.29, 0.717) is 11.5 Å². The Labute approximate surface area is 158 Å². The number of likely N-dealkylation sites (tertiary alicyclic amines) is 1. The van der Waals surface area contributed by atoms with Gasteiger partial charge in [-0.3, -0.25) is 4.79 Å². The molecule has 2 heterocycles. The van der Waals surface area contributed by atoms with Crippen LogP contribution in [0.1, 0.15) is 47.5 Å². The molecule has 0 spiro atoms. The Morgan fingerprint density at radius 1 is 1.15 bits per heavy atom. The highest BCUT2D eigenvalue weighted by atomic mass is 32.1. The van der Waals surface area contributed by atoms with Crippen LogP contribution in [0.4, 0.5) is 0 Å². The maximum absolute atomic E-state index is 13.0. The third-order valence-electron chi connectivity index (χ3n) is 5.33. The molecule has 5 heteroatoms. The Bertz CT molecular complexity index is 774. The molecular weight excluding hydrogens is 346 g/mol. The standard InChI is InChI=1S/C21H25NO3S/c1-21(2,18-8-5-13-26-18)20(25)22-11-9-15(10-12-22)14-16-6-3-4-7-17(16)19(23)24/h3-8,13,15H,9-12,14H2,1-2H3,(H,23,24). The van der Waals surface area contributed by atoms with Crippen LogP contribution in [0.2, 0.25) is 0 Å². The molecule has 1 aliphatic heterocycles. The number of thiophene rings is 1. The van der Waals surface area contributed by atoms with Crippen molar-refractivity contribution >= 4 is 23.2 Å². The average Bonchev–Trinajstić information content (AvgIpc) is 3.17. The molecule has 1 N–H and O–H groups in total. The largest absolute Gasteiger partial charge is 0.478 e. The fourth-order valence-electron chi connectivity index (χ4n) is 3.69. The lowest BCUT2D eigenvalue weighted by molar-refractivity contribution is -0.137. The van der Waals surface area contributed by atoms with Gasteiger partial charge in [0.2, 0.25) is 5.91 Å². The molecule has 0 atom stereocenters. The zero-order valence-electron chi connectivity index (χ0n) is 15.3. The normalized spacial score (nSPS) is 15.8. The smallest absolute Gasteiger partial charge is 0.335 e. The van der Waals surface area contributed by atoms with Crippen molar-refractivity contribution in [3.8, 4) is 0 Å². The van der Waals surface area contributed by atoms with Crippen molar-refractivity contribution in [2.45, 2.75) is 38.5 Å². The van der Waals surface area contributed by atoms with Crippen LogP contribution < -0.4 is 0 Å². The number of hydrogen-bond donors (Lipinski definition) is 1. The molecule has 1 aromatic heterocycles. The van der Waals surface area contributed by atoms with Gasteiger partial charge in [0, 0.05) is 18.0 Å². The van der Waals surface area contributed by atoms with Crippen molar-refractivity contribution in [3.05, 3.63) is 57.8 Å². The summed E-state index contributed by atoms with van der Waals surface area (Å²) < 4.78 is 0. The molecule has 1 aromatic carbocycles. The van der Waals surface area contributed by atoms with Crippen molar-refractivity contribution in [1.29, 1.82) is 0 Å². The van der Waals surface area contributed by atoms with Gasteiger partial charge in [-0.25, -0.2) is 4.79 Å². The summed E-state index contributed by atoms with van der Waals surface area (Å²) in [5, 5.41) is 11.3. The zero-order valence-corrected chi connectivity index (χ0v) is 16.1. The molecule has 0 radical (unpaired) electrons. The number of piperidine rings is 1. The van der Waals surface area contributed by atoms with E-state index >= 15 is 0 Å². The minimum atomic E-state index is -0.870. The Morgan fingerprint density at radius 2 is 1.85 bits per heavy atom. The van der Waals surface area contributed by atoms with Crippen LogP contribution in [0, 0.1) is 5.92 Å². The van der Waals surface area contributed by atoms with Gasteiger partial charge in [0.25, 0.3) is 0 Å². The fraction of sp³-hybridized carbons (Fsp3) is 0.429. The first kappa shape index (κ1) is 18.6. The van der Waals surface area contributed by atoms with Gasteiger partial charge in [-0.15, -0.1) is 11.3 Å². The summed E-state index contributed by atoms with van der Waals surface area (Å²) in [6, 6.07) is 11.2. The monoisotopic (exact) mass is 371 g/mol. The van der Waals surface area contributed by atoms with Gasteiger partial charge in [0.15, 0.2) is 0 Å². The van der Waals surface area contributed by atoms with E-state index < -0.39 is 11.4 Å². The van der Waals surface area contributed by atoms with Crippen molar-refractivity contribution in [2.24, 2.45) is 5.92 Å². The molecule has 1 aliphatic rings. The maximum Gasteiger partial charge on any atom is 0.335 e. The quantitative estimate of drug-likeness (QED) is 0.857. The van der Waals surface area contributed by atoms with Gasteiger partial charge in [-0.2, -0.15) is 0 Å². The van der Waals surface area contributed by atoms with Crippen LogP contribution in [-0.4, -0.2) is 35.0 Å². The Balaban J connectivity index is 1.61. The number of carboxylic acid groups (broad SMARTS) is 1. The molecule has 26 heavy (non-hydrogen) atoms. The number of carbonyl (C=O) groups excluding carboxylic acids is 1. The van der Waals surface area contributed by atoms with E-state index in [0.717, 1.165) is 42.8 Å². The molecule has 4 nitrogen and oxygen atoms in total. The third kappa shape index (κ3) is 3.83. The first-order valence-electron chi connectivity index (χ1n) is 9.04. The van der Waals surface area contributed by atoms with E-state index in [2.05, 4.69) is 0 Å². The van der Waals surface area contributed by atoms with Crippen LogP contribution in [0.5, 0.6) is 0 Å². The topological polar surface area (TPSA) is 57.6 Å². The predicted molar refractivity (Wildman–Crippen MR) is 104 cm³/mol. The number of carbonyl (C=O) groups is 2. The molecule has 0 saturated carbocycles. The second-order valence-electron chi connectivity index (χ2n) is 7.50. The highest BCUT2D eigenvalue weighted by Gasteiger charge is 2.36. The molecular formula is C21H25NO3S. The fourth-order valence-corrected chi connectivity index (χ4v) is 4.54. The first-order chi connectivity index (χ1) is 12.4. The lowest BCUT2D eigenvalue weighted by atomic mass is 9.85. The molecule has 1 saturated heterocycles. The number of benzene rings is 1. The molecule has 0 unspecified atom stereocenters. The molecule has 1 fully saturated rings. The minimum absolute atomic E-state index is 0.185. The van der Waals surface area contributed by atoms with Crippen molar-refractivity contribution in [1.82, 2.24) is 4.90 Å². The van der Waals surface area contributed by atoms with Gasteiger partial charge in [0.05, 0.1) is 11.0 Å². The number of carboxylic acids is 1. The van der Waals surface area contributed by atoms with Gasteiger partial charge in [-0.1, -0.05) is 24.3 Å². The summed E-state index contributed by atoms with van der Waals surface area (Å²) in [6.07, 6.45) is 2.60. The molecule has 1 amide bonds. The Kier molecular flexibility index (Phi) is 5.47. The summed E-state index contributed by atoms with van der Waals surface area (Å²) in [4.78, 5) is 27.4. The van der Waals surface area contributed by atoms with Gasteiger partial charge >= 0.3 is 5.97 Å². The van der Waals surface area contributed by atoms with Gasteiger partial charge in [-0.05, 0) is 62.1 Å². The lowest BCUT2D eigenvalue weighted by Gasteiger charge is -2.37. The van der Waals surface area contributed by atoms with Crippen LogP contribution in [-0.2, 0) is 16.6 Å². The molecule has 138 valence electrons. The summed E-state index contributed by atoms with van der Waals surface area (Å²) >= 11 is 1.63. The summed E-state index contributed by atoms with van der Waals surface area (Å²) in [5.74, 6) is -0.264. The highest BCUT2D eigenvalue weighted by Crippen LogP contribution is 2.32. The Morgan fingerprint density at radius 3 is 2.46 bits per heavy atom. The number of rotatable bonds is 5. The van der Waals surface area contributed by atoms with E-state index in [1.54, 1.807) is 23.5 Å². The third-order valence-corrected chi connectivity index (χ3v) is 6.52. The number of amides is 1. The number of nitrogens with zero attached hydrogens (tertiary/aromatic N) is 1. The number of hydrogen-bond acceptors (Lipinski definition) is 3. The van der Waals surface area contributed by atoms with Crippen LogP contribution >= 0.6 is 11.3 Å². The molecule has 0 aliphatic carbocycles. The van der Waals surface area contributed by atoms with E-state index in [1.807, 2.05) is 48.4 Å². The van der Waals surface area contributed by atoms with E-state index in [9.17, 15) is 14.7 Å². The highest BCUT2D eigenvalue weighted by molar-refractivity contribution is 7.10. The Hall–Kier alpha value is -2.14. The summed E-state index contributed by atoms with van der Waals surface area (Å²) in [7, 11) is 0. The minimum Gasteiger partial charge on any atom is -0.478 e. The van der Waals surface area contributed by atoms with E-state index in [-0.39, 0.29) is 5.91 Å². The lowest BCUT2D eigenvalue weighted by Crippen LogP contribution is -2.47. The van der Waals surface area contributed by atoms with Gasteiger partial charge < -0.3 is 10.0 Å². The number of aromatic carboxylic acids is 1. The van der Waals surface area contributed by atoms with Crippen molar-refractivity contribution in [2.75, 3.05) is 13.1 Å². The summed E-state index contributed by atoms with van der Waals surface area (Å²) in [6.45, 7) is 5.48. The summed E-state index contributed by atoms with van der Waals surface area (Å²) in [5.41, 5.74) is 0.796. The van der Waals surface area contributed by atoms with Crippen LogP contribution in [0.3, 0.4) is 0 Å². The van der Waals surface area contributed by atoms with Crippen LogP contribution in [0.25, 0.3) is 0 Å². The second-order valence-corrected chi connectivity index (χ2v) is 8.45. The van der Waals surface area contributed by atoms with Crippen LogP contribution in [0.15, 0.2) is 41.8 Å². The van der Waals surface area contributed by atoms with Crippen molar-refractivity contribution in [3.63, 3.8) is 0 Å². The van der Waals surface area contributed by atoms with E-state index in [1.165, 1.54) is 0 Å². The second kappa shape index (κ2) is 7.62. The maximum atomic E-state index is 13.0. The van der Waals surface area contributed by atoms with Gasteiger partial charge in [0.1, 0.15) is 0 Å². The first-order valence-corrected chi connectivity index (χ1v) is 9.92. The SMILES string of the molecule is CC(C)(C(=O)N1CCC(Cc2ccccc2C(=O)O)CC1)c1cccs1. The van der Waals surface area contributed by atoms with Crippen molar-refractivity contribution < 1.29 is 14.7 Å². The predicted octanol–water partition coefficient (Wildman–Crippen LogP) is 4.21.